The fraction of sp³-hybridized carbons (Fsp3) is 0.500. The molecular formula is C16H21NO3. The molecule has 0 unspecified atom stereocenters. The van der Waals surface area contributed by atoms with Crippen molar-refractivity contribution in [2.75, 3.05) is 13.2 Å². The van der Waals surface area contributed by atoms with Crippen LogP contribution in [0.1, 0.15) is 41.3 Å². The van der Waals surface area contributed by atoms with Crippen LogP contribution in [0.4, 0.5) is 0 Å². The number of nitrogens with zero attached hydrogens (tertiary/aromatic N) is 1. The lowest BCUT2D eigenvalue weighted by atomic mass is 10.0. The number of hydrogen-bond donors (Lipinski definition) is 0. The first-order valence-electron chi connectivity index (χ1n) is 7.06. The smallest absolute Gasteiger partial charge is 0.325 e. The fourth-order valence-corrected chi connectivity index (χ4v) is 2.31. The van der Waals surface area contributed by atoms with Gasteiger partial charge in [-0.2, -0.15) is 0 Å². The Bertz CT molecular complexity index is 520. The molecule has 0 aromatic heterocycles. The predicted molar refractivity (Wildman–Crippen MR) is 76.6 cm³/mol. The molecule has 4 nitrogen and oxygen atoms in total. The Kier molecular flexibility index (Phi) is 4.42. The summed E-state index contributed by atoms with van der Waals surface area (Å²) < 4.78 is 4.95. The van der Waals surface area contributed by atoms with E-state index in [9.17, 15) is 9.59 Å². The van der Waals surface area contributed by atoms with E-state index in [1.807, 2.05) is 32.0 Å². The largest absolute Gasteiger partial charge is 0.465 e. The standard InChI is InChI=1S/C16H21NO3/c1-4-20-15(18)10-17(13-6-7-13)16(19)14-8-5-11(2)9-12(14)3/h5,8-9,13H,4,6-7,10H2,1-3H3. The molecule has 20 heavy (non-hydrogen) atoms. The summed E-state index contributed by atoms with van der Waals surface area (Å²) in [6.07, 6.45) is 1.94. The van der Waals surface area contributed by atoms with Gasteiger partial charge in [-0.15, -0.1) is 0 Å². The van der Waals surface area contributed by atoms with E-state index in [4.69, 9.17) is 4.74 Å². The Balaban J connectivity index is 2.16. The van der Waals surface area contributed by atoms with E-state index in [0.29, 0.717) is 12.2 Å². The van der Waals surface area contributed by atoms with Crippen LogP contribution >= 0.6 is 0 Å². The Hall–Kier alpha value is -1.84. The van der Waals surface area contributed by atoms with Gasteiger partial charge in [-0.1, -0.05) is 17.7 Å². The zero-order valence-electron chi connectivity index (χ0n) is 12.3. The summed E-state index contributed by atoms with van der Waals surface area (Å²) in [5, 5.41) is 0. The number of hydrogen-bond acceptors (Lipinski definition) is 3. The van der Waals surface area contributed by atoms with Crippen LogP contribution in [0.2, 0.25) is 0 Å². The van der Waals surface area contributed by atoms with Gasteiger partial charge < -0.3 is 9.64 Å². The first-order chi connectivity index (χ1) is 9.52. The van der Waals surface area contributed by atoms with Crippen molar-refractivity contribution in [3.05, 3.63) is 34.9 Å². The van der Waals surface area contributed by atoms with Crippen LogP contribution in [-0.2, 0) is 9.53 Å². The highest BCUT2D eigenvalue weighted by atomic mass is 16.5. The van der Waals surface area contributed by atoms with E-state index < -0.39 is 0 Å². The topological polar surface area (TPSA) is 46.6 Å². The van der Waals surface area contributed by atoms with Crippen molar-refractivity contribution in [1.82, 2.24) is 4.90 Å². The monoisotopic (exact) mass is 275 g/mol. The molecule has 1 aliphatic carbocycles. The minimum absolute atomic E-state index is 0.0463. The number of carbonyl (C=O) groups excluding carboxylic acids is 2. The summed E-state index contributed by atoms with van der Waals surface area (Å²) in [6.45, 7) is 6.08. The number of aryl methyl sites for hydroxylation is 2. The van der Waals surface area contributed by atoms with E-state index >= 15 is 0 Å². The minimum atomic E-state index is -0.336. The van der Waals surface area contributed by atoms with Crippen LogP contribution in [-0.4, -0.2) is 36.0 Å². The van der Waals surface area contributed by atoms with Crippen molar-refractivity contribution in [1.29, 1.82) is 0 Å². The maximum Gasteiger partial charge on any atom is 0.325 e. The highest BCUT2D eigenvalue weighted by molar-refractivity contribution is 5.97. The normalized spacial score (nSPS) is 13.9. The lowest BCUT2D eigenvalue weighted by Gasteiger charge is -2.22. The molecule has 0 spiro atoms. The zero-order valence-corrected chi connectivity index (χ0v) is 12.3. The Morgan fingerprint density at radius 1 is 1.30 bits per heavy atom. The molecule has 0 radical (unpaired) electrons. The van der Waals surface area contributed by atoms with Crippen molar-refractivity contribution in [3.8, 4) is 0 Å². The minimum Gasteiger partial charge on any atom is -0.465 e. The molecule has 1 aromatic rings. The van der Waals surface area contributed by atoms with Gasteiger partial charge in [-0.25, -0.2) is 0 Å². The van der Waals surface area contributed by atoms with Crippen molar-refractivity contribution >= 4 is 11.9 Å². The summed E-state index contributed by atoms with van der Waals surface area (Å²) in [5.41, 5.74) is 2.75. The molecule has 0 heterocycles. The SMILES string of the molecule is CCOC(=O)CN(C(=O)c1ccc(C)cc1C)C1CC1. The lowest BCUT2D eigenvalue weighted by Crippen LogP contribution is -2.38. The van der Waals surface area contributed by atoms with Gasteiger partial charge in [-0.3, -0.25) is 9.59 Å². The molecule has 108 valence electrons. The van der Waals surface area contributed by atoms with Crippen molar-refractivity contribution < 1.29 is 14.3 Å². The van der Waals surface area contributed by atoms with Crippen molar-refractivity contribution in [2.24, 2.45) is 0 Å². The molecule has 1 aromatic carbocycles. The third-order valence-corrected chi connectivity index (χ3v) is 3.47. The molecular weight excluding hydrogens is 254 g/mol. The molecule has 0 bridgehead atoms. The van der Waals surface area contributed by atoms with Crippen LogP contribution in [0.15, 0.2) is 18.2 Å². The number of ether oxygens (including phenoxy) is 1. The Labute approximate surface area is 119 Å². The molecule has 1 fully saturated rings. The second-order valence-corrected chi connectivity index (χ2v) is 5.29. The quantitative estimate of drug-likeness (QED) is 0.776. The summed E-state index contributed by atoms with van der Waals surface area (Å²) in [7, 11) is 0. The number of esters is 1. The fourth-order valence-electron chi connectivity index (χ4n) is 2.31. The molecule has 2 rings (SSSR count). The highest BCUT2D eigenvalue weighted by Gasteiger charge is 2.35. The van der Waals surface area contributed by atoms with Gasteiger partial charge in [0.1, 0.15) is 6.54 Å². The number of benzene rings is 1. The molecule has 0 atom stereocenters. The maximum atomic E-state index is 12.6. The third kappa shape index (κ3) is 3.38. The average Bonchev–Trinajstić information content (AvgIpc) is 3.20. The van der Waals surface area contributed by atoms with Crippen molar-refractivity contribution in [2.45, 2.75) is 39.7 Å². The predicted octanol–water partition coefficient (Wildman–Crippen LogP) is 2.47. The molecule has 0 saturated heterocycles. The Morgan fingerprint density at radius 3 is 2.55 bits per heavy atom. The van der Waals surface area contributed by atoms with Gasteiger partial charge in [0.15, 0.2) is 0 Å². The van der Waals surface area contributed by atoms with E-state index in [1.54, 1.807) is 11.8 Å². The lowest BCUT2D eigenvalue weighted by molar-refractivity contribution is -0.144. The van der Waals surface area contributed by atoms with Crippen LogP contribution in [0, 0.1) is 13.8 Å². The third-order valence-electron chi connectivity index (χ3n) is 3.47. The number of amides is 1. The number of rotatable bonds is 5. The van der Waals surface area contributed by atoms with Crippen LogP contribution in [0.5, 0.6) is 0 Å². The Morgan fingerprint density at radius 2 is 2.00 bits per heavy atom. The van der Waals surface area contributed by atoms with Crippen molar-refractivity contribution in [3.63, 3.8) is 0 Å². The van der Waals surface area contributed by atoms with E-state index in [2.05, 4.69) is 0 Å². The summed E-state index contributed by atoms with van der Waals surface area (Å²) in [4.78, 5) is 25.9. The average molecular weight is 275 g/mol. The number of carbonyl (C=O) groups is 2. The molecule has 4 heteroatoms. The van der Waals surface area contributed by atoms with Crippen LogP contribution in [0.25, 0.3) is 0 Å². The first kappa shape index (κ1) is 14.6. The summed E-state index contributed by atoms with van der Waals surface area (Å²) >= 11 is 0. The second-order valence-electron chi connectivity index (χ2n) is 5.29. The molecule has 0 N–H and O–H groups in total. The van der Waals surface area contributed by atoms with Gasteiger partial charge >= 0.3 is 5.97 Å². The van der Waals surface area contributed by atoms with Crippen LogP contribution < -0.4 is 0 Å². The van der Waals surface area contributed by atoms with Gasteiger partial charge in [0, 0.05) is 11.6 Å². The van der Waals surface area contributed by atoms with Crippen LogP contribution in [0.3, 0.4) is 0 Å². The molecule has 0 aliphatic heterocycles. The highest BCUT2D eigenvalue weighted by Crippen LogP contribution is 2.28. The van der Waals surface area contributed by atoms with E-state index in [0.717, 1.165) is 24.0 Å². The molecule has 1 aliphatic rings. The van der Waals surface area contributed by atoms with Gasteiger partial charge in [-0.05, 0) is 45.2 Å². The van der Waals surface area contributed by atoms with E-state index in [-0.39, 0.29) is 24.5 Å². The van der Waals surface area contributed by atoms with Gasteiger partial charge in [0.25, 0.3) is 5.91 Å². The maximum absolute atomic E-state index is 12.6. The summed E-state index contributed by atoms with van der Waals surface area (Å²) in [6, 6.07) is 5.94. The first-order valence-corrected chi connectivity index (χ1v) is 7.06. The second kappa shape index (κ2) is 6.07. The molecule has 1 amide bonds. The zero-order chi connectivity index (χ0) is 14.7. The molecule has 1 saturated carbocycles. The van der Waals surface area contributed by atoms with Gasteiger partial charge in [0.2, 0.25) is 0 Å². The van der Waals surface area contributed by atoms with E-state index in [1.165, 1.54) is 0 Å². The van der Waals surface area contributed by atoms with Gasteiger partial charge in [0.05, 0.1) is 6.61 Å². The summed E-state index contributed by atoms with van der Waals surface area (Å²) in [5.74, 6) is -0.407.